The standard InChI is InChI=1S/C25H25ClN4O3/c26-19-8-5-18(6-9-19)24(32)29-13-11-28(12-14-29)22-15-30(16-23(22)31)25(33)21-10-7-17-3-1-2-4-20(17)27-21/h1-10,22-23,31H,11-16H2. The Kier molecular flexibility index (Phi) is 6.01. The number of piperazine rings is 1. The minimum atomic E-state index is -0.632. The number of benzene rings is 2. The number of carbonyl (C=O) groups is 2. The maximum atomic E-state index is 13.1. The molecule has 0 aliphatic carbocycles. The van der Waals surface area contributed by atoms with Gasteiger partial charge >= 0.3 is 0 Å². The molecule has 2 amide bonds. The highest BCUT2D eigenvalue weighted by atomic mass is 35.5. The number of para-hydroxylation sites is 1. The van der Waals surface area contributed by atoms with Gasteiger partial charge in [0, 0.05) is 55.2 Å². The quantitative estimate of drug-likeness (QED) is 0.644. The number of pyridine rings is 1. The van der Waals surface area contributed by atoms with Crippen LogP contribution < -0.4 is 0 Å². The van der Waals surface area contributed by atoms with Crippen molar-refractivity contribution < 1.29 is 14.7 Å². The second kappa shape index (κ2) is 9.09. The summed E-state index contributed by atoms with van der Waals surface area (Å²) in [6, 6.07) is 18.1. The SMILES string of the molecule is O=C(c1ccc(Cl)cc1)N1CCN(C2CN(C(=O)c3ccc4ccccc4n3)CC2O)CC1. The van der Waals surface area contributed by atoms with Crippen LogP contribution in [0.25, 0.3) is 10.9 Å². The summed E-state index contributed by atoms with van der Waals surface area (Å²) in [4.78, 5) is 36.0. The second-order valence-corrected chi connectivity index (χ2v) is 9.01. The van der Waals surface area contributed by atoms with Crippen LogP contribution in [0.5, 0.6) is 0 Å². The lowest BCUT2D eigenvalue weighted by molar-refractivity contribution is 0.0376. The fourth-order valence-electron chi connectivity index (χ4n) is 4.67. The number of aliphatic hydroxyl groups excluding tert-OH is 1. The fraction of sp³-hybridized carbons (Fsp3) is 0.320. The van der Waals surface area contributed by atoms with Gasteiger partial charge in [-0.25, -0.2) is 4.98 Å². The van der Waals surface area contributed by atoms with Crippen LogP contribution >= 0.6 is 11.6 Å². The number of hydrogen-bond acceptors (Lipinski definition) is 5. The number of amides is 2. The normalized spacial score (nSPS) is 21.5. The van der Waals surface area contributed by atoms with Gasteiger partial charge in [-0.2, -0.15) is 0 Å². The van der Waals surface area contributed by atoms with Crippen molar-refractivity contribution in [2.45, 2.75) is 12.1 Å². The summed E-state index contributed by atoms with van der Waals surface area (Å²) in [7, 11) is 0. The zero-order chi connectivity index (χ0) is 22.9. The van der Waals surface area contributed by atoms with Gasteiger partial charge in [0.25, 0.3) is 11.8 Å². The third-order valence-corrected chi connectivity index (χ3v) is 6.78. The van der Waals surface area contributed by atoms with Crippen molar-refractivity contribution in [3.63, 3.8) is 0 Å². The predicted molar refractivity (Wildman–Crippen MR) is 126 cm³/mol. The monoisotopic (exact) mass is 464 g/mol. The number of carbonyl (C=O) groups excluding carboxylic acids is 2. The molecule has 0 spiro atoms. The Balaban J connectivity index is 1.21. The van der Waals surface area contributed by atoms with E-state index in [0.717, 1.165) is 10.9 Å². The summed E-state index contributed by atoms with van der Waals surface area (Å²) in [5.41, 5.74) is 1.79. The third kappa shape index (κ3) is 4.44. The molecule has 2 aliphatic rings. The molecule has 0 saturated carbocycles. The Morgan fingerprint density at radius 3 is 2.33 bits per heavy atom. The highest BCUT2D eigenvalue weighted by molar-refractivity contribution is 6.30. The first-order chi connectivity index (χ1) is 16.0. The molecule has 0 bridgehead atoms. The Labute approximate surface area is 197 Å². The van der Waals surface area contributed by atoms with Gasteiger partial charge < -0.3 is 14.9 Å². The minimum absolute atomic E-state index is 0.0162. The summed E-state index contributed by atoms with van der Waals surface area (Å²) in [6.07, 6.45) is -0.632. The van der Waals surface area contributed by atoms with Crippen molar-refractivity contribution in [3.05, 3.63) is 76.9 Å². The molecule has 7 nitrogen and oxygen atoms in total. The van der Waals surface area contributed by atoms with Gasteiger partial charge in [-0.1, -0.05) is 35.9 Å². The van der Waals surface area contributed by atoms with E-state index in [4.69, 9.17) is 11.6 Å². The molecule has 2 saturated heterocycles. The largest absolute Gasteiger partial charge is 0.390 e. The third-order valence-electron chi connectivity index (χ3n) is 6.53. The maximum Gasteiger partial charge on any atom is 0.272 e. The average Bonchev–Trinajstić information content (AvgIpc) is 3.25. The van der Waals surface area contributed by atoms with Crippen LogP contribution in [0.2, 0.25) is 5.02 Å². The van der Waals surface area contributed by atoms with Crippen LogP contribution in [0.4, 0.5) is 0 Å². The van der Waals surface area contributed by atoms with E-state index in [0.29, 0.717) is 49.0 Å². The number of rotatable bonds is 3. The molecule has 8 heteroatoms. The van der Waals surface area contributed by atoms with Gasteiger partial charge in [0.05, 0.1) is 17.7 Å². The summed E-state index contributed by atoms with van der Waals surface area (Å²) in [5.74, 6) is -0.184. The lowest BCUT2D eigenvalue weighted by atomic mass is 10.1. The highest BCUT2D eigenvalue weighted by Gasteiger charge is 2.39. The number of halogens is 1. The fourth-order valence-corrected chi connectivity index (χ4v) is 4.80. The number of hydrogen-bond donors (Lipinski definition) is 1. The van der Waals surface area contributed by atoms with E-state index in [9.17, 15) is 14.7 Å². The van der Waals surface area contributed by atoms with Gasteiger partial charge in [0.2, 0.25) is 0 Å². The zero-order valence-corrected chi connectivity index (χ0v) is 18.9. The summed E-state index contributed by atoms with van der Waals surface area (Å²) in [5, 5.41) is 12.3. The first-order valence-corrected chi connectivity index (χ1v) is 11.5. The van der Waals surface area contributed by atoms with E-state index in [1.165, 1.54) is 0 Å². The van der Waals surface area contributed by atoms with Crippen molar-refractivity contribution in [2.75, 3.05) is 39.3 Å². The van der Waals surface area contributed by atoms with Gasteiger partial charge in [0.15, 0.2) is 0 Å². The summed E-state index contributed by atoms with van der Waals surface area (Å²) >= 11 is 5.92. The van der Waals surface area contributed by atoms with E-state index in [-0.39, 0.29) is 24.4 Å². The molecule has 2 atom stereocenters. The number of nitrogens with zero attached hydrogens (tertiary/aromatic N) is 4. The van der Waals surface area contributed by atoms with Gasteiger partial charge in [-0.15, -0.1) is 0 Å². The molecular weight excluding hydrogens is 440 g/mol. The van der Waals surface area contributed by atoms with E-state index in [1.54, 1.807) is 35.2 Å². The molecular formula is C25H25ClN4O3. The topological polar surface area (TPSA) is 77.0 Å². The summed E-state index contributed by atoms with van der Waals surface area (Å²) in [6.45, 7) is 3.17. The van der Waals surface area contributed by atoms with Gasteiger partial charge in [-0.05, 0) is 36.4 Å². The molecule has 1 aromatic heterocycles. The molecule has 3 aromatic rings. The molecule has 3 heterocycles. The van der Waals surface area contributed by atoms with Crippen molar-refractivity contribution in [1.29, 1.82) is 0 Å². The lowest BCUT2D eigenvalue weighted by Gasteiger charge is -2.38. The number of fused-ring (bicyclic) bond motifs is 1. The smallest absolute Gasteiger partial charge is 0.272 e. The van der Waals surface area contributed by atoms with Crippen LogP contribution in [-0.2, 0) is 0 Å². The molecule has 170 valence electrons. The highest BCUT2D eigenvalue weighted by Crippen LogP contribution is 2.22. The van der Waals surface area contributed by atoms with Gasteiger partial charge in [0.1, 0.15) is 5.69 Å². The second-order valence-electron chi connectivity index (χ2n) is 8.57. The first-order valence-electron chi connectivity index (χ1n) is 11.1. The molecule has 33 heavy (non-hydrogen) atoms. The Bertz CT molecular complexity index is 1180. The average molecular weight is 465 g/mol. The van der Waals surface area contributed by atoms with Crippen LogP contribution in [0.3, 0.4) is 0 Å². The first kappa shape index (κ1) is 21.8. The number of aliphatic hydroxyl groups is 1. The zero-order valence-electron chi connectivity index (χ0n) is 18.1. The molecule has 2 aliphatic heterocycles. The van der Waals surface area contributed by atoms with Crippen molar-refractivity contribution >= 4 is 34.3 Å². The molecule has 1 N–H and O–H groups in total. The van der Waals surface area contributed by atoms with E-state index in [1.807, 2.05) is 35.2 Å². The molecule has 2 fully saturated rings. The Morgan fingerprint density at radius 2 is 1.58 bits per heavy atom. The van der Waals surface area contributed by atoms with Crippen molar-refractivity contribution in [2.24, 2.45) is 0 Å². The van der Waals surface area contributed by atoms with E-state index < -0.39 is 6.10 Å². The molecule has 0 radical (unpaired) electrons. The number of aromatic nitrogens is 1. The van der Waals surface area contributed by atoms with Crippen molar-refractivity contribution in [3.8, 4) is 0 Å². The van der Waals surface area contributed by atoms with Crippen LogP contribution in [-0.4, -0.2) is 88.0 Å². The maximum absolute atomic E-state index is 13.1. The minimum Gasteiger partial charge on any atom is -0.390 e. The number of β-amino-alcohol motifs (C(OH)–C–C–N with tert-alkyl or cyclic N) is 1. The van der Waals surface area contributed by atoms with Crippen LogP contribution in [0, 0.1) is 0 Å². The van der Waals surface area contributed by atoms with E-state index >= 15 is 0 Å². The van der Waals surface area contributed by atoms with E-state index in [2.05, 4.69) is 9.88 Å². The lowest BCUT2D eigenvalue weighted by Crippen LogP contribution is -2.54. The molecule has 2 aromatic carbocycles. The molecule has 2 unspecified atom stereocenters. The summed E-state index contributed by atoms with van der Waals surface area (Å²) < 4.78 is 0. The predicted octanol–water partition coefficient (Wildman–Crippen LogP) is 2.53. The Morgan fingerprint density at radius 1 is 0.848 bits per heavy atom. The van der Waals surface area contributed by atoms with Crippen LogP contribution in [0.1, 0.15) is 20.8 Å². The number of likely N-dealkylation sites (tertiary alicyclic amines) is 1. The van der Waals surface area contributed by atoms with Crippen LogP contribution in [0.15, 0.2) is 60.7 Å². The Hall–Kier alpha value is -3.00. The van der Waals surface area contributed by atoms with Gasteiger partial charge in [-0.3, -0.25) is 14.5 Å². The van der Waals surface area contributed by atoms with Crippen molar-refractivity contribution in [1.82, 2.24) is 19.7 Å². The molecule has 5 rings (SSSR count).